The fraction of sp³-hybridized carbons (Fsp3) is 0.462. The quantitative estimate of drug-likeness (QED) is 0.854. The molecule has 18 heavy (non-hydrogen) atoms. The molecule has 0 saturated heterocycles. The van der Waals surface area contributed by atoms with Crippen LogP contribution in [-0.4, -0.2) is 23.7 Å². The Labute approximate surface area is 104 Å². The minimum Gasteiger partial charge on any atom is -0.393 e. The van der Waals surface area contributed by atoms with Gasteiger partial charge in [0.05, 0.1) is 12.5 Å². The van der Waals surface area contributed by atoms with Gasteiger partial charge in [-0.15, -0.1) is 0 Å². The minimum atomic E-state index is -0.704. The number of hydrogen-bond acceptors (Lipinski definition) is 2. The van der Waals surface area contributed by atoms with Crippen molar-refractivity contribution < 1.29 is 18.7 Å². The number of rotatable bonds is 4. The molecule has 0 aliphatic heterocycles. The minimum absolute atomic E-state index is 0.205. The van der Waals surface area contributed by atoms with Crippen LogP contribution in [0.25, 0.3) is 0 Å². The number of nitrogens with one attached hydrogen (secondary N) is 1. The van der Waals surface area contributed by atoms with E-state index in [2.05, 4.69) is 5.32 Å². The van der Waals surface area contributed by atoms with Gasteiger partial charge in [-0.1, -0.05) is 6.07 Å². The van der Waals surface area contributed by atoms with Gasteiger partial charge in [-0.05, 0) is 30.9 Å². The Balaban J connectivity index is 1.83. The van der Waals surface area contributed by atoms with Crippen LogP contribution in [-0.2, 0) is 11.2 Å². The summed E-state index contributed by atoms with van der Waals surface area (Å²) < 4.78 is 26.6. The van der Waals surface area contributed by atoms with E-state index in [1.807, 2.05) is 0 Å². The van der Waals surface area contributed by atoms with E-state index in [4.69, 9.17) is 5.11 Å². The molecule has 2 rings (SSSR count). The van der Waals surface area contributed by atoms with Crippen LogP contribution in [0.15, 0.2) is 18.2 Å². The molecule has 0 bridgehead atoms. The SMILES string of the molecule is O=C(Cc1c(F)cccc1F)NCC1CC(O)C1. The molecule has 0 radical (unpaired) electrons. The number of carbonyl (C=O) groups excluding carboxylic acids is 1. The highest BCUT2D eigenvalue weighted by Gasteiger charge is 2.27. The summed E-state index contributed by atoms with van der Waals surface area (Å²) in [7, 11) is 0. The van der Waals surface area contributed by atoms with Gasteiger partial charge in [-0.3, -0.25) is 4.79 Å². The second-order valence-electron chi connectivity index (χ2n) is 4.67. The van der Waals surface area contributed by atoms with E-state index in [1.165, 1.54) is 6.07 Å². The Morgan fingerprint density at radius 1 is 1.33 bits per heavy atom. The van der Waals surface area contributed by atoms with Crippen LogP contribution in [0.3, 0.4) is 0 Å². The maximum absolute atomic E-state index is 13.3. The highest BCUT2D eigenvalue weighted by atomic mass is 19.1. The zero-order valence-electron chi connectivity index (χ0n) is 9.83. The fourth-order valence-corrected chi connectivity index (χ4v) is 2.05. The van der Waals surface area contributed by atoms with Crippen LogP contribution in [0, 0.1) is 17.6 Å². The molecular weight excluding hydrogens is 240 g/mol. The third kappa shape index (κ3) is 3.04. The Morgan fingerprint density at radius 3 is 2.50 bits per heavy atom. The van der Waals surface area contributed by atoms with Gasteiger partial charge in [-0.25, -0.2) is 8.78 Å². The smallest absolute Gasteiger partial charge is 0.224 e. The molecule has 1 aromatic carbocycles. The first-order valence-electron chi connectivity index (χ1n) is 5.94. The van der Waals surface area contributed by atoms with Crippen molar-refractivity contribution in [2.45, 2.75) is 25.4 Å². The van der Waals surface area contributed by atoms with E-state index >= 15 is 0 Å². The van der Waals surface area contributed by atoms with Gasteiger partial charge in [0.15, 0.2) is 0 Å². The average Bonchev–Trinajstić information content (AvgIpc) is 2.28. The number of aliphatic hydroxyl groups excluding tert-OH is 1. The zero-order valence-corrected chi connectivity index (χ0v) is 9.83. The molecule has 3 nitrogen and oxygen atoms in total. The Morgan fingerprint density at radius 2 is 1.94 bits per heavy atom. The number of benzene rings is 1. The van der Waals surface area contributed by atoms with E-state index in [1.54, 1.807) is 0 Å². The normalized spacial score (nSPS) is 22.4. The molecule has 5 heteroatoms. The molecule has 1 aromatic rings. The Bertz CT molecular complexity index is 424. The van der Waals surface area contributed by atoms with Gasteiger partial charge >= 0.3 is 0 Å². The van der Waals surface area contributed by atoms with Crippen LogP contribution < -0.4 is 5.32 Å². The van der Waals surface area contributed by atoms with E-state index < -0.39 is 17.5 Å². The molecule has 1 fully saturated rings. The highest BCUT2D eigenvalue weighted by Crippen LogP contribution is 2.26. The molecule has 1 aliphatic rings. The molecule has 1 saturated carbocycles. The van der Waals surface area contributed by atoms with E-state index in [9.17, 15) is 13.6 Å². The van der Waals surface area contributed by atoms with E-state index in [-0.39, 0.29) is 24.0 Å². The Kier molecular flexibility index (Phi) is 3.91. The maximum Gasteiger partial charge on any atom is 0.224 e. The first kappa shape index (κ1) is 13.0. The topological polar surface area (TPSA) is 49.3 Å². The molecule has 0 unspecified atom stereocenters. The number of aliphatic hydroxyl groups is 1. The van der Waals surface area contributed by atoms with Crippen LogP contribution in [0.5, 0.6) is 0 Å². The molecule has 0 aromatic heterocycles. The monoisotopic (exact) mass is 255 g/mol. The lowest BCUT2D eigenvalue weighted by molar-refractivity contribution is -0.121. The molecule has 1 amide bonds. The molecule has 0 atom stereocenters. The molecule has 1 aliphatic carbocycles. The Hall–Kier alpha value is -1.49. The van der Waals surface area contributed by atoms with Crippen molar-refractivity contribution in [1.29, 1.82) is 0 Å². The lowest BCUT2D eigenvalue weighted by Gasteiger charge is -2.31. The zero-order chi connectivity index (χ0) is 13.1. The van der Waals surface area contributed by atoms with Crippen molar-refractivity contribution in [3.8, 4) is 0 Å². The summed E-state index contributed by atoms with van der Waals surface area (Å²) in [5, 5.41) is 11.7. The van der Waals surface area contributed by atoms with E-state index in [0.717, 1.165) is 12.1 Å². The van der Waals surface area contributed by atoms with Crippen LogP contribution >= 0.6 is 0 Å². The summed E-state index contributed by atoms with van der Waals surface area (Å²) in [4.78, 5) is 11.5. The lowest BCUT2D eigenvalue weighted by atomic mass is 9.82. The van der Waals surface area contributed by atoms with Gasteiger partial charge < -0.3 is 10.4 Å². The van der Waals surface area contributed by atoms with E-state index in [0.29, 0.717) is 19.4 Å². The summed E-state index contributed by atoms with van der Waals surface area (Å²) in [6, 6.07) is 3.53. The number of hydrogen-bond donors (Lipinski definition) is 2. The van der Waals surface area contributed by atoms with Crippen molar-refractivity contribution in [3.05, 3.63) is 35.4 Å². The van der Waals surface area contributed by atoms with Gasteiger partial charge in [0.2, 0.25) is 5.91 Å². The third-order valence-electron chi connectivity index (χ3n) is 3.20. The largest absolute Gasteiger partial charge is 0.393 e. The standard InChI is InChI=1S/C13H15F2NO2/c14-11-2-1-3-12(15)10(11)6-13(18)16-7-8-4-9(17)5-8/h1-3,8-9,17H,4-7H2,(H,16,18). The van der Waals surface area contributed by atoms with Crippen LogP contribution in [0.4, 0.5) is 8.78 Å². The summed E-state index contributed by atoms with van der Waals surface area (Å²) in [5.74, 6) is -1.54. The first-order chi connectivity index (χ1) is 8.56. The second-order valence-corrected chi connectivity index (χ2v) is 4.67. The third-order valence-corrected chi connectivity index (χ3v) is 3.20. The number of carbonyl (C=O) groups is 1. The maximum atomic E-state index is 13.3. The summed E-state index contributed by atoms with van der Waals surface area (Å²) in [6.07, 6.45) is 0.784. The predicted octanol–water partition coefficient (Wildman–Crippen LogP) is 1.39. The number of halogens is 2. The molecule has 98 valence electrons. The van der Waals surface area contributed by atoms with Crippen molar-refractivity contribution >= 4 is 5.91 Å². The predicted molar refractivity (Wildman–Crippen MR) is 61.8 cm³/mol. The summed E-state index contributed by atoms with van der Waals surface area (Å²) in [5.41, 5.74) is -0.205. The fourth-order valence-electron chi connectivity index (χ4n) is 2.05. The van der Waals surface area contributed by atoms with Gasteiger partial charge in [0.1, 0.15) is 11.6 Å². The van der Waals surface area contributed by atoms with Gasteiger partial charge in [-0.2, -0.15) is 0 Å². The van der Waals surface area contributed by atoms with Crippen molar-refractivity contribution in [1.82, 2.24) is 5.32 Å². The highest BCUT2D eigenvalue weighted by molar-refractivity contribution is 5.78. The van der Waals surface area contributed by atoms with Crippen molar-refractivity contribution in [2.75, 3.05) is 6.54 Å². The van der Waals surface area contributed by atoms with Crippen LogP contribution in [0.1, 0.15) is 18.4 Å². The molecule has 0 heterocycles. The molecule has 0 spiro atoms. The first-order valence-corrected chi connectivity index (χ1v) is 5.94. The average molecular weight is 255 g/mol. The summed E-state index contributed by atoms with van der Waals surface area (Å²) >= 11 is 0. The van der Waals surface area contributed by atoms with Gasteiger partial charge in [0, 0.05) is 12.1 Å². The van der Waals surface area contributed by atoms with Crippen LogP contribution in [0.2, 0.25) is 0 Å². The second kappa shape index (κ2) is 5.44. The number of amides is 1. The molecular formula is C13H15F2NO2. The van der Waals surface area contributed by atoms with Gasteiger partial charge in [0.25, 0.3) is 0 Å². The van der Waals surface area contributed by atoms with Crippen molar-refractivity contribution in [2.24, 2.45) is 5.92 Å². The lowest BCUT2D eigenvalue weighted by Crippen LogP contribution is -2.39. The van der Waals surface area contributed by atoms with Crippen molar-refractivity contribution in [3.63, 3.8) is 0 Å². The molecule has 2 N–H and O–H groups in total. The summed E-state index contributed by atoms with van der Waals surface area (Å²) in [6.45, 7) is 0.450.